The third-order valence-corrected chi connectivity index (χ3v) is 4.64. The largest absolute Gasteiger partial charge is 0.369 e. The van der Waals surface area contributed by atoms with E-state index >= 15 is 0 Å². The van der Waals surface area contributed by atoms with Gasteiger partial charge in [-0.1, -0.05) is 39.5 Å². The summed E-state index contributed by atoms with van der Waals surface area (Å²) in [6, 6.07) is 0. The molecule has 2 aliphatic rings. The standard InChI is InChI=1S/C16H31NO/c1-13(2)8-9-16(3)12-17-11-15(18-16)10-14-6-4-5-7-14/h13-15,17H,4-12H2,1-3H3. The number of rotatable bonds is 5. The first-order valence-corrected chi connectivity index (χ1v) is 7.96. The maximum Gasteiger partial charge on any atom is 0.0782 e. The van der Waals surface area contributed by atoms with E-state index in [0.717, 1.165) is 24.9 Å². The smallest absolute Gasteiger partial charge is 0.0782 e. The molecule has 0 radical (unpaired) electrons. The highest BCUT2D eigenvalue weighted by Crippen LogP contribution is 2.32. The van der Waals surface area contributed by atoms with Gasteiger partial charge >= 0.3 is 0 Å². The van der Waals surface area contributed by atoms with E-state index in [1.54, 1.807) is 0 Å². The van der Waals surface area contributed by atoms with Crippen molar-refractivity contribution in [2.24, 2.45) is 11.8 Å². The van der Waals surface area contributed by atoms with Crippen LogP contribution in [0.2, 0.25) is 0 Å². The van der Waals surface area contributed by atoms with E-state index in [-0.39, 0.29) is 5.60 Å². The minimum absolute atomic E-state index is 0.0752. The lowest BCUT2D eigenvalue weighted by Gasteiger charge is -2.40. The molecule has 1 N–H and O–H groups in total. The lowest BCUT2D eigenvalue weighted by Crippen LogP contribution is -2.52. The van der Waals surface area contributed by atoms with Crippen LogP contribution in [0.5, 0.6) is 0 Å². The molecule has 2 fully saturated rings. The quantitative estimate of drug-likeness (QED) is 0.805. The first-order valence-electron chi connectivity index (χ1n) is 7.96. The molecule has 18 heavy (non-hydrogen) atoms. The minimum atomic E-state index is 0.0752. The van der Waals surface area contributed by atoms with Crippen LogP contribution in [0.1, 0.15) is 65.7 Å². The normalized spacial score (nSPS) is 34.3. The van der Waals surface area contributed by atoms with E-state index in [4.69, 9.17) is 4.74 Å². The van der Waals surface area contributed by atoms with Crippen LogP contribution in [0.4, 0.5) is 0 Å². The summed E-state index contributed by atoms with van der Waals surface area (Å²) >= 11 is 0. The molecule has 106 valence electrons. The van der Waals surface area contributed by atoms with Crippen molar-refractivity contribution in [2.45, 2.75) is 77.4 Å². The summed E-state index contributed by atoms with van der Waals surface area (Å²) < 4.78 is 6.42. The van der Waals surface area contributed by atoms with Gasteiger partial charge < -0.3 is 10.1 Å². The molecule has 0 amide bonds. The van der Waals surface area contributed by atoms with Gasteiger partial charge in [0.15, 0.2) is 0 Å². The number of hydrogen-bond donors (Lipinski definition) is 1. The Kier molecular flexibility index (Phi) is 5.08. The molecular weight excluding hydrogens is 222 g/mol. The number of ether oxygens (including phenoxy) is 1. The molecule has 0 aromatic rings. The second-order valence-electron chi connectivity index (χ2n) is 7.14. The van der Waals surface area contributed by atoms with E-state index in [1.165, 1.54) is 44.9 Å². The van der Waals surface area contributed by atoms with Crippen molar-refractivity contribution in [1.29, 1.82) is 0 Å². The van der Waals surface area contributed by atoms with Crippen LogP contribution in [-0.4, -0.2) is 24.8 Å². The Morgan fingerprint density at radius 2 is 2.00 bits per heavy atom. The summed E-state index contributed by atoms with van der Waals surface area (Å²) in [5, 5.41) is 3.60. The molecule has 0 aromatic carbocycles. The van der Waals surface area contributed by atoms with Crippen molar-refractivity contribution < 1.29 is 4.74 Å². The zero-order valence-corrected chi connectivity index (χ0v) is 12.5. The second kappa shape index (κ2) is 6.38. The fraction of sp³-hybridized carbons (Fsp3) is 1.00. The maximum atomic E-state index is 6.42. The molecule has 1 heterocycles. The van der Waals surface area contributed by atoms with Gasteiger partial charge in [-0.25, -0.2) is 0 Å². The monoisotopic (exact) mass is 253 g/mol. The Labute approximate surface area is 113 Å². The second-order valence-corrected chi connectivity index (χ2v) is 7.14. The summed E-state index contributed by atoms with van der Waals surface area (Å²) in [6.45, 7) is 8.99. The van der Waals surface area contributed by atoms with Gasteiger partial charge in [0.1, 0.15) is 0 Å². The summed E-state index contributed by atoms with van der Waals surface area (Å²) in [4.78, 5) is 0. The SMILES string of the molecule is CC(C)CCC1(C)CNCC(CC2CCCC2)O1. The van der Waals surface area contributed by atoms with Gasteiger partial charge in [0, 0.05) is 13.1 Å². The third-order valence-electron chi connectivity index (χ3n) is 4.64. The molecule has 1 saturated heterocycles. The lowest BCUT2D eigenvalue weighted by atomic mass is 9.91. The number of hydrogen-bond acceptors (Lipinski definition) is 2. The van der Waals surface area contributed by atoms with Crippen molar-refractivity contribution in [3.05, 3.63) is 0 Å². The Morgan fingerprint density at radius 3 is 2.67 bits per heavy atom. The zero-order chi connectivity index (χ0) is 13.0. The molecule has 2 rings (SSSR count). The van der Waals surface area contributed by atoms with E-state index in [1.807, 2.05) is 0 Å². The average molecular weight is 253 g/mol. The van der Waals surface area contributed by atoms with Crippen molar-refractivity contribution in [1.82, 2.24) is 5.32 Å². The fourth-order valence-electron chi connectivity index (χ4n) is 3.47. The summed E-state index contributed by atoms with van der Waals surface area (Å²) in [5.41, 5.74) is 0.0752. The molecular formula is C16H31NO. The van der Waals surface area contributed by atoms with Crippen LogP contribution >= 0.6 is 0 Å². The van der Waals surface area contributed by atoms with Crippen LogP contribution in [-0.2, 0) is 4.74 Å². The van der Waals surface area contributed by atoms with Gasteiger partial charge in [0.25, 0.3) is 0 Å². The first kappa shape index (κ1) is 14.3. The van der Waals surface area contributed by atoms with Crippen molar-refractivity contribution in [2.75, 3.05) is 13.1 Å². The van der Waals surface area contributed by atoms with Gasteiger partial charge in [-0.2, -0.15) is 0 Å². The Hall–Kier alpha value is -0.0800. The van der Waals surface area contributed by atoms with Gasteiger partial charge in [-0.15, -0.1) is 0 Å². The van der Waals surface area contributed by atoms with Crippen molar-refractivity contribution in [3.63, 3.8) is 0 Å². The zero-order valence-electron chi connectivity index (χ0n) is 12.5. The summed E-state index contributed by atoms with van der Waals surface area (Å²) in [6.07, 6.45) is 9.95. The van der Waals surface area contributed by atoms with Gasteiger partial charge in [-0.05, 0) is 38.0 Å². The number of nitrogens with one attached hydrogen (secondary N) is 1. The highest BCUT2D eigenvalue weighted by atomic mass is 16.5. The lowest BCUT2D eigenvalue weighted by molar-refractivity contribution is -0.117. The van der Waals surface area contributed by atoms with E-state index in [2.05, 4.69) is 26.1 Å². The highest BCUT2D eigenvalue weighted by Gasteiger charge is 2.34. The maximum absolute atomic E-state index is 6.42. The molecule has 0 spiro atoms. The Balaban J connectivity index is 1.79. The van der Waals surface area contributed by atoms with Crippen molar-refractivity contribution in [3.8, 4) is 0 Å². The predicted molar refractivity (Wildman–Crippen MR) is 76.8 cm³/mol. The molecule has 2 unspecified atom stereocenters. The molecule has 1 aliphatic heterocycles. The third kappa shape index (κ3) is 4.24. The number of morpholine rings is 1. The first-order chi connectivity index (χ1) is 8.57. The van der Waals surface area contributed by atoms with Crippen LogP contribution in [0.3, 0.4) is 0 Å². The summed E-state index contributed by atoms with van der Waals surface area (Å²) in [5.74, 6) is 1.71. The van der Waals surface area contributed by atoms with Gasteiger partial charge in [0.05, 0.1) is 11.7 Å². The van der Waals surface area contributed by atoms with Gasteiger partial charge in [-0.3, -0.25) is 0 Å². The van der Waals surface area contributed by atoms with Gasteiger partial charge in [0.2, 0.25) is 0 Å². The average Bonchev–Trinajstić information content (AvgIpc) is 2.79. The molecule has 2 atom stereocenters. The van der Waals surface area contributed by atoms with E-state index in [0.29, 0.717) is 6.10 Å². The predicted octanol–water partition coefficient (Wildman–Crippen LogP) is 3.75. The van der Waals surface area contributed by atoms with Crippen molar-refractivity contribution >= 4 is 0 Å². The van der Waals surface area contributed by atoms with Crippen LogP contribution in [0, 0.1) is 11.8 Å². The Morgan fingerprint density at radius 1 is 1.28 bits per heavy atom. The molecule has 0 aromatic heterocycles. The van der Waals surface area contributed by atoms with E-state index in [9.17, 15) is 0 Å². The fourth-order valence-corrected chi connectivity index (χ4v) is 3.47. The Bertz CT molecular complexity index is 247. The van der Waals surface area contributed by atoms with E-state index < -0.39 is 0 Å². The topological polar surface area (TPSA) is 21.3 Å². The van der Waals surface area contributed by atoms with Crippen LogP contribution in [0.15, 0.2) is 0 Å². The molecule has 2 nitrogen and oxygen atoms in total. The molecule has 2 heteroatoms. The molecule has 0 bridgehead atoms. The van der Waals surface area contributed by atoms with Crippen LogP contribution < -0.4 is 5.32 Å². The minimum Gasteiger partial charge on any atom is -0.369 e. The summed E-state index contributed by atoms with van der Waals surface area (Å²) in [7, 11) is 0. The highest BCUT2D eigenvalue weighted by molar-refractivity contribution is 4.87. The molecule has 1 saturated carbocycles. The molecule has 1 aliphatic carbocycles. The van der Waals surface area contributed by atoms with Crippen LogP contribution in [0.25, 0.3) is 0 Å².